The molecule has 0 bridgehead atoms. The summed E-state index contributed by atoms with van der Waals surface area (Å²) < 4.78 is 5.21. The van der Waals surface area contributed by atoms with Crippen LogP contribution in [0.4, 0.5) is 0 Å². The fourth-order valence-electron chi connectivity index (χ4n) is 2.36. The third-order valence-corrected chi connectivity index (χ3v) is 3.34. The lowest BCUT2D eigenvalue weighted by Gasteiger charge is -2.25. The normalized spacial score (nSPS) is 13.9. The van der Waals surface area contributed by atoms with E-state index in [1.165, 1.54) is 0 Å². The van der Waals surface area contributed by atoms with Gasteiger partial charge in [0.05, 0.1) is 19.1 Å². The minimum absolute atomic E-state index is 0.167. The van der Waals surface area contributed by atoms with Gasteiger partial charge in [0.1, 0.15) is 5.75 Å². The first kappa shape index (κ1) is 17.8. The number of hydrogen-bond donors (Lipinski definition) is 2. The van der Waals surface area contributed by atoms with Gasteiger partial charge >= 0.3 is 0 Å². The monoisotopic (exact) mass is 313 g/mol. The van der Waals surface area contributed by atoms with E-state index < -0.39 is 5.60 Å². The number of benzene rings is 1. The van der Waals surface area contributed by atoms with Crippen LogP contribution in [0.3, 0.4) is 0 Å². The van der Waals surface area contributed by atoms with Gasteiger partial charge in [-0.1, -0.05) is 25.4 Å². The second kappa shape index (κ2) is 7.66. The van der Waals surface area contributed by atoms with Crippen LogP contribution in [-0.2, 0) is 11.2 Å². The predicted molar refractivity (Wildman–Crippen MR) is 84.8 cm³/mol. The minimum atomic E-state index is -0.901. The van der Waals surface area contributed by atoms with E-state index in [4.69, 9.17) is 16.3 Å². The van der Waals surface area contributed by atoms with Crippen molar-refractivity contribution in [1.82, 2.24) is 5.32 Å². The van der Waals surface area contributed by atoms with E-state index in [0.717, 1.165) is 5.56 Å². The van der Waals surface area contributed by atoms with Gasteiger partial charge in [-0.05, 0) is 37.5 Å². The SMILES string of the molecule is COc1ccc(Cl)cc1CC(=O)NCC(C)(O)CC(C)C. The molecule has 1 aromatic carbocycles. The first-order chi connectivity index (χ1) is 9.73. The molecule has 118 valence electrons. The summed E-state index contributed by atoms with van der Waals surface area (Å²) in [5.41, 5.74) is -0.173. The summed E-state index contributed by atoms with van der Waals surface area (Å²) in [6, 6.07) is 5.17. The van der Waals surface area contributed by atoms with E-state index in [1.807, 2.05) is 13.8 Å². The second-order valence-corrected chi connectivity index (χ2v) is 6.44. The molecule has 1 aromatic rings. The highest BCUT2D eigenvalue weighted by atomic mass is 35.5. The molecular formula is C16H24ClNO3. The van der Waals surface area contributed by atoms with Crippen LogP contribution in [0.15, 0.2) is 18.2 Å². The lowest BCUT2D eigenvalue weighted by Crippen LogP contribution is -2.42. The third kappa shape index (κ3) is 6.36. The number of aliphatic hydroxyl groups is 1. The van der Waals surface area contributed by atoms with E-state index in [0.29, 0.717) is 23.1 Å². The van der Waals surface area contributed by atoms with Crippen molar-refractivity contribution in [2.45, 2.75) is 39.2 Å². The van der Waals surface area contributed by atoms with Crippen molar-refractivity contribution in [2.24, 2.45) is 5.92 Å². The molecule has 4 nitrogen and oxygen atoms in total. The van der Waals surface area contributed by atoms with Gasteiger partial charge in [-0.15, -0.1) is 0 Å². The molecule has 5 heteroatoms. The standard InChI is InChI=1S/C16H24ClNO3/c1-11(2)9-16(3,20)10-18-15(19)8-12-7-13(17)5-6-14(12)21-4/h5-7,11,20H,8-10H2,1-4H3,(H,18,19). The quantitative estimate of drug-likeness (QED) is 0.814. The van der Waals surface area contributed by atoms with Crippen LogP contribution in [0.1, 0.15) is 32.8 Å². The highest BCUT2D eigenvalue weighted by Gasteiger charge is 2.22. The fraction of sp³-hybridized carbons (Fsp3) is 0.562. The maximum Gasteiger partial charge on any atom is 0.224 e. The molecular weight excluding hydrogens is 290 g/mol. The zero-order chi connectivity index (χ0) is 16.0. The fourth-order valence-corrected chi connectivity index (χ4v) is 2.56. The average molecular weight is 314 g/mol. The van der Waals surface area contributed by atoms with E-state index in [9.17, 15) is 9.90 Å². The van der Waals surface area contributed by atoms with Gasteiger partial charge in [-0.25, -0.2) is 0 Å². The molecule has 0 aliphatic heterocycles. The van der Waals surface area contributed by atoms with Crippen molar-refractivity contribution in [3.05, 3.63) is 28.8 Å². The number of halogens is 1. The number of nitrogens with one attached hydrogen (secondary N) is 1. The van der Waals surface area contributed by atoms with Gasteiger partial charge in [-0.3, -0.25) is 4.79 Å². The van der Waals surface area contributed by atoms with Crippen molar-refractivity contribution in [3.8, 4) is 5.75 Å². The Morgan fingerprint density at radius 1 is 1.48 bits per heavy atom. The maximum atomic E-state index is 12.0. The Bertz CT molecular complexity index is 486. The number of rotatable bonds is 7. The molecule has 0 heterocycles. The smallest absolute Gasteiger partial charge is 0.224 e. The minimum Gasteiger partial charge on any atom is -0.496 e. The molecule has 0 aliphatic rings. The second-order valence-electron chi connectivity index (χ2n) is 6.00. The van der Waals surface area contributed by atoms with Gasteiger partial charge in [-0.2, -0.15) is 0 Å². The van der Waals surface area contributed by atoms with Crippen LogP contribution in [0.5, 0.6) is 5.75 Å². The highest BCUT2D eigenvalue weighted by Crippen LogP contribution is 2.23. The molecule has 0 aromatic heterocycles. The van der Waals surface area contributed by atoms with Crippen LogP contribution in [0, 0.1) is 5.92 Å². The molecule has 0 spiro atoms. The summed E-state index contributed by atoms with van der Waals surface area (Å²) in [5.74, 6) is 0.827. The van der Waals surface area contributed by atoms with E-state index in [1.54, 1.807) is 32.2 Å². The van der Waals surface area contributed by atoms with Gasteiger partial charge in [0.15, 0.2) is 0 Å². The third-order valence-electron chi connectivity index (χ3n) is 3.11. The first-order valence-corrected chi connectivity index (χ1v) is 7.43. The Hall–Kier alpha value is -1.26. The lowest BCUT2D eigenvalue weighted by molar-refractivity contribution is -0.121. The molecule has 0 saturated heterocycles. The molecule has 1 amide bonds. The number of methoxy groups -OCH3 is 1. The number of amides is 1. The molecule has 0 fully saturated rings. The largest absolute Gasteiger partial charge is 0.496 e. The topological polar surface area (TPSA) is 58.6 Å². The zero-order valence-electron chi connectivity index (χ0n) is 13.1. The molecule has 1 atom stereocenters. The zero-order valence-corrected chi connectivity index (χ0v) is 13.8. The van der Waals surface area contributed by atoms with Crippen molar-refractivity contribution >= 4 is 17.5 Å². The molecule has 21 heavy (non-hydrogen) atoms. The van der Waals surface area contributed by atoms with Gasteiger partial charge < -0.3 is 15.2 Å². The summed E-state index contributed by atoms with van der Waals surface area (Å²) >= 11 is 5.94. The van der Waals surface area contributed by atoms with Crippen molar-refractivity contribution < 1.29 is 14.6 Å². The molecule has 0 saturated carbocycles. The average Bonchev–Trinajstić information content (AvgIpc) is 2.35. The van der Waals surface area contributed by atoms with Gasteiger partial charge in [0.2, 0.25) is 5.91 Å². The lowest BCUT2D eigenvalue weighted by atomic mass is 9.94. The molecule has 1 rings (SSSR count). The number of ether oxygens (including phenoxy) is 1. The Morgan fingerprint density at radius 3 is 2.71 bits per heavy atom. The summed E-state index contributed by atoms with van der Waals surface area (Å²) in [4.78, 5) is 12.0. The highest BCUT2D eigenvalue weighted by molar-refractivity contribution is 6.30. The maximum absolute atomic E-state index is 12.0. The summed E-state index contributed by atoms with van der Waals surface area (Å²) in [7, 11) is 1.55. The van der Waals surface area contributed by atoms with Crippen LogP contribution < -0.4 is 10.1 Å². The first-order valence-electron chi connectivity index (χ1n) is 7.05. The van der Waals surface area contributed by atoms with Crippen LogP contribution in [0.2, 0.25) is 5.02 Å². The van der Waals surface area contributed by atoms with Crippen molar-refractivity contribution in [2.75, 3.05) is 13.7 Å². The Kier molecular flexibility index (Phi) is 6.49. The predicted octanol–water partition coefficient (Wildman–Crippen LogP) is 2.80. The van der Waals surface area contributed by atoms with Gasteiger partial charge in [0, 0.05) is 17.1 Å². The number of carbonyl (C=O) groups is 1. The van der Waals surface area contributed by atoms with E-state index >= 15 is 0 Å². The van der Waals surface area contributed by atoms with Crippen molar-refractivity contribution in [1.29, 1.82) is 0 Å². The summed E-state index contributed by atoms with van der Waals surface area (Å²) in [6.45, 7) is 6.03. The Labute approximate surface area is 131 Å². The Balaban J connectivity index is 2.60. The van der Waals surface area contributed by atoms with E-state index in [2.05, 4.69) is 5.32 Å². The molecule has 1 unspecified atom stereocenters. The van der Waals surface area contributed by atoms with Crippen molar-refractivity contribution in [3.63, 3.8) is 0 Å². The molecule has 0 radical (unpaired) electrons. The van der Waals surface area contributed by atoms with Crippen LogP contribution >= 0.6 is 11.6 Å². The summed E-state index contributed by atoms with van der Waals surface area (Å²) in [6.07, 6.45) is 0.801. The molecule has 0 aliphatic carbocycles. The summed E-state index contributed by atoms with van der Waals surface area (Å²) in [5, 5.41) is 13.5. The van der Waals surface area contributed by atoms with E-state index in [-0.39, 0.29) is 18.9 Å². The number of hydrogen-bond acceptors (Lipinski definition) is 3. The Morgan fingerprint density at radius 2 is 2.14 bits per heavy atom. The van der Waals surface area contributed by atoms with Crippen LogP contribution in [0.25, 0.3) is 0 Å². The molecule has 2 N–H and O–H groups in total. The number of carbonyl (C=O) groups excluding carboxylic acids is 1. The van der Waals surface area contributed by atoms with Gasteiger partial charge in [0.25, 0.3) is 0 Å². The van der Waals surface area contributed by atoms with Crippen LogP contribution in [-0.4, -0.2) is 30.3 Å².